The summed E-state index contributed by atoms with van der Waals surface area (Å²) in [5.74, 6) is 0.241. The minimum absolute atomic E-state index is 0. The maximum atomic E-state index is 11.8. The lowest BCUT2D eigenvalue weighted by atomic mass is 10.0. The summed E-state index contributed by atoms with van der Waals surface area (Å²) in [6, 6.07) is 0.378. The lowest BCUT2D eigenvalue weighted by Gasteiger charge is -2.29. The molecule has 1 aliphatic rings. The smallest absolute Gasteiger partial charge is 0.223 e. The second-order valence-electron chi connectivity index (χ2n) is 6.82. The van der Waals surface area contributed by atoms with Gasteiger partial charge in [-0.3, -0.25) is 4.79 Å². The minimum atomic E-state index is 0. The van der Waals surface area contributed by atoms with Gasteiger partial charge in [0.05, 0.1) is 39.6 Å². The molecule has 1 fully saturated rings. The van der Waals surface area contributed by atoms with Crippen molar-refractivity contribution in [3.8, 4) is 0 Å². The van der Waals surface area contributed by atoms with Gasteiger partial charge in [0.2, 0.25) is 5.91 Å². The number of nitrogens with zero attached hydrogens (tertiary/aromatic N) is 1. The second kappa shape index (κ2) is 19.6. The number of ether oxygens (including phenoxy) is 3. The van der Waals surface area contributed by atoms with Crippen LogP contribution in [0.4, 0.5) is 0 Å². The van der Waals surface area contributed by atoms with Crippen LogP contribution in [0.5, 0.6) is 0 Å². The highest BCUT2D eigenvalue weighted by Gasteiger charge is 2.15. The van der Waals surface area contributed by atoms with Gasteiger partial charge in [-0.2, -0.15) is 0 Å². The molecule has 1 amide bonds. The van der Waals surface area contributed by atoms with Crippen molar-refractivity contribution in [1.29, 1.82) is 0 Å². The Balaban J connectivity index is -0.00000176. The third-order valence-corrected chi connectivity index (χ3v) is 4.83. The molecule has 0 bridgehead atoms. The van der Waals surface area contributed by atoms with Crippen LogP contribution in [-0.4, -0.2) is 82.7 Å². The van der Waals surface area contributed by atoms with E-state index in [9.17, 15) is 4.79 Å². The van der Waals surface area contributed by atoms with Gasteiger partial charge in [-0.15, -0.1) is 0 Å². The number of piperidine rings is 1. The van der Waals surface area contributed by atoms with Gasteiger partial charge in [-0.1, -0.05) is 27.7 Å². The van der Waals surface area contributed by atoms with Crippen LogP contribution in [0.15, 0.2) is 0 Å². The Morgan fingerprint density at radius 3 is 2.04 bits per heavy atom. The van der Waals surface area contributed by atoms with Crippen LogP contribution in [-0.2, 0) is 19.0 Å². The van der Waals surface area contributed by atoms with E-state index in [0.29, 0.717) is 45.6 Å². The Morgan fingerprint density at radius 1 is 1.00 bits per heavy atom. The monoisotopic (exact) mass is 407 g/mol. The van der Waals surface area contributed by atoms with E-state index in [-0.39, 0.29) is 14.7 Å². The summed E-state index contributed by atoms with van der Waals surface area (Å²) in [5.41, 5.74) is 5.89. The van der Waals surface area contributed by atoms with Gasteiger partial charge in [0, 0.05) is 27.9 Å². The molecule has 0 aromatic heterocycles. The molecule has 1 aliphatic heterocycles. The lowest BCUT2D eigenvalue weighted by molar-refractivity contribution is -0.125. The van der Waals surface area contributed by atoms with Gasteiger partial charge in [-0.05, 0) is 38.8 Å². The quantitative estimate of drug-likeness (QED) is 0.406. The molecular weight excluding hydrogens is 358 g/mol. The van der Waals surface area contributed by atoms with Crippen LogP contribution in [0.25, 0.3) is 0 Å². The van der Waals surface area contributed by atoms with Crippen LogP contribution in [0.1, 0.15) is 56.2 Å². The predicted octanol–water partition coefficient (Wildman–Crippen LogP) is 2.53. The molecule has 0 aromatic rings. The summed E-state index contributed by atoms with van der Waals surface area (Å²) in [6.07, 6.45) is 3.94. The van der Waals surface area contributed by atoms with Crippen molar-refractivity contribution in [3.05, 3.63) is 0 Å². The molecule has 0 aliphatic carbocycles. The topological polar surface area (TPSA) is 86.1 Å². The molecule has 0 unspecified atom stereocenters. The molecular formula is C21H49N3O4. The van der Waals surface area contributed by atoms with Crippen molar-refractivity contribution in [2.75, 3.05) is 65.8 Å². The van der Waals surface area contributed by atoms with Gasteiger partial charge in [0.15, 0.2) is 0 Å². The molecule has 0 saturated carbocycles. The molecule has 7 nitrogen and oxygen atoms in total. The number of hydrogen-bond donors (Lipinski definition) is 2. The maximum absolute atomic E-state index is 11.8. The highest BCUT2D eigenvalue weighted by Crippen LogP contribution is 2.07. The third kappa shape index (κ3) is 14.3. The van der Waals surface area contributed by atoms with Crippen molar-refractivity contribution < 1.29 is 21.9 Å². The van der Waals surface area contributed by atoms with Crippen molar-refractivity contribution in [1.82, 2.24) is 10.2 Å². The van der Waals surface area contributed by atoms with Crippen LogP contribution < -0.4 is 11.1 Å². The van der Waals surface area contributed by atoms with E-state index in [1.165, 1.54) is 0 Å². The van der Waals surface area contributed by atoms with Gasteiger partial charge in [0.1, 0.15) is 0 Å². The first-order valence-corrected chi connectivity index (χ1v) is 11.2. The van der Waals surface area contributed by atoms with E-state index >= 15 is 0 Å². The second-order valence-corrected chi connectivity index (χ2v) is 6.82. The van der Waals surface area contributed by atoms with E-state index in [1.54, 1.807) is 0 Å². The predicted molar refractivity (Wildman–Crippen MR) is 119 cm³/mol. The van der Waals surface area contributed by atoms with Crippen molar-refractivity contribution >= 4 is 5.91 Å². The molecule has 0 aromatic carbocycles. The molecule has 0 spiro atoms. The third-order valence-electron chi connectivity index (χ3n) is 4.83. The average Bonchev–Trinajstić information content (AvgIpc) is 2.72. The fourth-order valence-corrected chi connectivity index (χ4v) is 2.96. The molecule has 1 heterocycles. The van der Waals surface area contributed by atoms with Crippen LogP contribution >= 0.6 is 0 Å². The molecule has 0 atom stereocenters. The van der Waals surface area contributed by atoms with Crippen LogP contribution in [0, 0.1) is 5.92 Å². The fourth-order valence-electron chi connectivity index (χ4n) is 2.96. The first kappa shape index (κ1) is 27.3. The number of carbonyl (C=O) groups is 1. The van der Waals surface area contributed by atoms with E-state index < -0.39 is 0 Å². The molecule has 0 radical (unpaired) electrons. The van der Waals surface area contributed by atoms with Crippen molar-refractivity contribution in [3.63, 3.8) is 0 Å². The number of carbonyl (C=O) groups excluding carboxylic acids is 1. The highest BCUT2D eigenvalue weighted by molar-refractivity contribution is 5.78. The molecule has 172 valence electrons. The summed E-state index contributed by atoms with van der Waals surface area (Å²) >= 11 is 0. The van der Waals surface area contributed by atoms with Gasteiger partial charge >= 0.3 is 0 Å². The van der Waals surface area contributed by atoms with Gasteiger partial charge < -0.3 is 30.2 Å². The van der Waals surface area contributed by atoms with E-state index in [1.807, 2.05) is 27.7 Å². The van der Waals surface area contributed by atoms with Crippen molar-refractivity contribution in [2.24, 2.45) is 11.7 Å². The normalized spacial score (nSPS) is 15.4. The molecule has 7 heteroatoms. The molecule has 3 N–H and O–H groups in total. The van der Waals surface area contributed by atoms with E-state index in [4.69, 9.17) is 19.9 Å². The Labute approximate surface area is 175 Å². The Morgan fingerprint density at radius 2 is 1.50 bits per heavy atom. The summed E-state index contributed by atoms with van der Waals surface area (Å²) in [6.45, 7) is 15.3. The van der Waals surface area contributed by atoms with Gasteiger partial charge in [-0.25, -0.2) is 0 Å². The molecule has 28 heavy (non-hydrogen) atoms. The zero-order chi connectivity index (χ0) is 21.0. The van der Waals surface area contributed by atoms with Crippen LogP contribution in [0.3, 0.4) is 0 Å². The number of nitrogens with one attached hydrogen (secondary N) is 1. The minimum Gasteiger partial charge on any atom is -0.378 e. The Bertz CT molecular complexity index is 357. The van der Waals surface area contributed by atoms with E-state index in [2.05, 4.69) is 10.2 Å². The number of hydrogen-bond acceptors (Lipinski definition) is 6. The summed E-state index contributed by atoms with van der Waals surface area (Å²) in [4.78, 5) is 14.2. The lowest BCUT2D eigenvalue weighted by Crippen LogP contribution is -2.41. The first-order valence-electron chi connectivity index (χ1n) is 11.2. The standard InChI is InChI=1S/C19H39N3O4.C2H6.2H2/c1-3-17(4-2)19(23)21-7-11-24-13-15-26-16-14-25-12-10-22-8-5-18(20)6-9-22;1-2;;/h17-18H,3-16,20H2,1-2H3,(H,21,23);1-2H3;2*1H. The summed E-state index contributed by atoms with van der Waals surface area (Å²) < 4.78 is 16.5. The average molecular weight is 408 g/mol. The SMILES string of the molecule is CC.CCC(CC)C(=O)NCCOCCOCCOCCN1CCC(N)CC1.[HH].[HH]. The summed E-state index contributed by atoms with van der Waals surface area (Å²) in [7, 11) is 0. The summed E-state index contributed by atoms with van der Waals surface area (Å²) in [5, 5.41) is 2.90. The number of likely N-dealkylation sites (tertiary alicyclic amines) is 1. The van der Waals surface area contributed by atoms with E-state index in [0.717, 1.165) is 51.9 Å². The maximum Gasteiger partial charge on any atom is 0.223 e. The van der Waals surface area contributed by atoms with Gasteiger partial charge in [0.25, 0.3) is 0 Å². The van der Waals surface area contributed by atoms with Crippen molar-refractivity contribution in [2.45, 2.75) is 59.4 Å². The first-order chi connectivity index (χ1) is 13.7. The Kier molecular flexibility index (Phi) is 19.1. The highest BCUT2D eigenvalue weighted by atomic mass is 16.5. The fraction of sp³-hybridized carbons (Fsp3) is 0.952. The largest absolute Gasteiger partial charge is 0.378 e. The number of rotatable bonds is 15. The molecule has 1 rings (SSSR count). The Hall–Kier alpha value is -0.730. The molecule has 1 saturated heterocycles. The number of amides is 1. The van der Waals surface area contributed by atoms with Crippen LogP contribution in [0.2, 0.25) is 0 Å². The number of nitrogens with two attached hydrogens (primary N) is 1. The zero-order valence-electron chi connectivity index (χ0n) is 18.7. The zero-order valence-corrected chi connectivity index (χ0v) is 18.7.